The van der Waals surface area contributed by atoms with Crippen LogP contribution in [-0.2, 0) is 16.6 Å². The van der Waals surface area contributed by atoms with E-state index in [2.05, 4.69) is 15.0 Å². The van der Waals surface area contributed by atoms with Gasteiger partial charge in [0.05, 0.1) is 12.8 Å². The molecule has 1 saturated heterocycles. The molecule has 124 valence electrons. The van der Waals surface area contributed by atoms with Gasteiger partial charge in [0.2, 0.25) is 10.0 Å². The first-order chi connectivity index (χ1) is 11.0. The number of rotatable bonds is 4. The molecule has 0 unspecified atom stereocenters. The number of sulfonamides is 1. The molecule has 1 fully saturated rings. The lowest BCUT2D eigenvalue weighted by Gasteiger charge is -2.19. The third kappa shape index (κ3) is 4.15. The Morgan fingerprint density at radius 1 is 1.26 bits per heavy atom. The topological polar surface area (TPSA) is 79.5 Å². The molecule has 0 aliphatic carbocycles. The van der Waals surface area contributed by atoms with E-state index in [1.165, 1.54) is 10.6 Å². The van der Waals surface area contributed by atoms with E-state index in [0.29, 0.717) is 26.2 Å². The molecule has 0 aromatic carbocycles. The summed E-state index contributed by atoms with van der Waals surface area (Å²) >= 11 is 0. The van der Waals surface area contributed by atoms with Crippen LogP contribution in [0.1, 0.15) is 12.2 Å². The van der Waals surface area contributed by atoms with Crippen molar-refractivity contribution in [2.75, 3.05) is 32.4 Å². The summed E-state index contributed by atoms with van der Waals surface area (Å²) < 4.78 is 30.2. The van der Waals surface area contributed by atoms with Crippen molar-refractivity contribution >= 4 is 10.0 Å². The molecule has 7 nitrogen and oxygen atoms in total. The molecule has 2 aromatic heterocycles. The Hall–Kier alpha value is -1.77. The summed E-state index contributed by atoms with van der Waals surface area (Å²) in [7, 11) is -3.11. The number of hydrogen-bond acceptors (Lipinski definition) is 6. The van der Waals surface area contributed by atoms with Crippen molar-refractivity contribution in [1.82, 2.24) is 19.3 Å². The molecule has 0 bridgehead atoms. The Bertz CT molecular complexity index is 745. The summed E-state index contributed by atoms with van der Waals surface area (Å²) in [4.78, 5) is 6.27. The predicted octanol–water partition coefficient (Wildman–Crippen LogP) is 1.20. The van der Waals surface area contributed by atoms with Crippen molar-refractivity contribution in [1.29, 1.82) is 0 Å². The molecule has 0 N–H and O–H groups in total. The van der Waals surface area contributed by atoms with Crippen LogP contribution in [0, 0.1) is 0 Å². The van der Waals surface area contributed by atoms with Crippen molar-refractivity contribution in [3.8, 4) is 11.3 Å². The average molecular weight is 336 g/mol. The van der Waals surface area contributed by atoms with Gasteiger partial charge in [-0.3, -0.25) is 9.88 Å². The van der Waals surface area contributed by atoms with Gasteiger partial charge in [-0.05, 0) is 25.1 Å². The van der Waals surface area contributed by atoms with Gasteiger partial charge in [0, 0.05) is 43.7 Å². The summed E-state index contributed by atoms with van der Waals surface area (Å²) in [5.41, 5.74) is 1.68. The van der Waals surface area contributed by atoms with Crippen LogP contribution in [0.2, 0.25) is 0 Å². The van der Waals surface area contributed by atoms with Crippen molar-refractivity contribution < 1.29 is 12.9 Å². The van der Waals surface area contributed by atoms with Crippen LogP contribution in [0.15, 0.2) is 35.1 Å². The molecule has 0 spiro atoms. The van der Waals surface area contributed by atoms with Crippen LogP contribution < -0.4 is 0 Å². The largest absolute Gasteiger partial charge is 0.359 e. The van der Waals surface area contributed by atoms with Crippen LogP contribution in [0.4, 0.5) is 0 Å². The normalized spacial score (nSPS) is 18.0. The fourth-order valence-electron chi connectivity index (χ4n) is 2.70. The van der Waals surface area contributed by atoms with Gasteiger partial charge in [0.25, 0.3) is 0 Å². The molecule has 3 heterocycles. The molecule has 0 atom stereocenters. The van der Waals surface area contributed by atoms with Gasteiger partial charge in [-0.1, -0.05) is 5.16 Å². The van der Waals surface area contributed by atoms with E-state index in [9.17, 15) is 8.42 Å². The van der Waals surface area contributed by atoms with E-state index in [1.54, 1.807) is 12.4 Å². The Kier molecular flexibility index (Phi) is 4.74. The van der Waals surface area contributed by atoms with E-state index in [4.69, 9.17) is 4.52 Å². The maximum absolute atomic E-state index is 11.6. The fourth-order valence-corrected chi connectivity index (χ4v) is 3.57. The minimum atomic E-state index is -3.11. The Labute approximate surface area is 136 Å². The Morgan fingerprint density at radius 2 is 2.13 bits per heavy atom. The zero-order chi connectivity index (χ0) is 16.3. The minimum absolute atomic E-state index is 0.516. The summed E-state index contributed by atoms with van der Waals surface area (Å²) in [5, 5.41) is 4.08. The molecule has 1 aliphatic rings. The number of pyridine rings is 1. The molecule has 3 rings (SSSR count). The zero-order valence-electron chi connectivity index (χ0n) is 13.1. The van der Waals surface area contributed by atoms with Crippen molar-refractivity contribution in [3.63, 3.8) is 0 Å². The molecule has 0 radical (unpaired) electrons. The van der Waals surface area contributed by atoms with Gasteiger partial charge in [-0.2, -0.15) is 0 Å². The average Bonchev–Trinajstić information content (AvgIpc) is 2.85. The van der Waals surface area contributed by atoms with E-state index in [1.807, 2.05) is 18.2 Å². The zero-order valence-corrected chi connectivity index (χ0v) is 13.9. The summed E-state index contributed by atoms with van der Waals surface area (Å²) in [6.07, 6.45) is 5.54. The highest BCUT2D eigenvalue weighted by Gasteiger charge is 2.22. The first-order valence-electron chi connectivity index (χ1n) is 7.56. The van der Waals surface area contributed by atoms with Crippen molar-refractivity contribution in [2.24, 2.45) is 0 Å². The fraction of sp³-hybridized carbons (Fsp3) is 0.467. The molecular weight excluding hydrogens is 316 g/mol. The van der Waals surface area contributed by atoms with E-state index < -0.39 is 10.0 Å². The van der Waals surface area contributed by atoms with Crippen LogP contribution in [0.3, 0.4) is 0 Å². The smallest absolute Gasteiger partial charge is 0.211 e. The number of nitrogens with zero attached hydrogens (tertiary/aromatic N) is 4. The summed E-state index contributed by atoms with van der Waals surface area (Å²) in [6, 6.07) is 5.71. The lowest BCUT2D eigenvalue weighted by molar-refractivity contribution is 0.241. The van der Waals surface area contributed by atoms with Gasteiger partial charge in [-0.25, -0.2) is 12.7 Å². The molecule has 1 aliphatic heterocycles. The quantitative estimate of drug-likeness (QED) is 0.835. The van der Waals surface area contributed by atoms with Crippen molar-refractivity contribution in [3.05, 3.63) is 36.4 Å². The first kappa shape index (κ1) is 16.1. The molecule has 23 heavy (non-hydrogen) atoms. The SMILES string of the molecule is CS(=O)(=O)N1CCCN(Cc2cc(-c3cccnc3)no2)CC1. The van der Waals surface area contributed by atoms with E-state index >= 15 is 0 Å². The van der Waals surface area contributed by atoms with Crippen molar-refractivity contribution in [2.45, 2.75) is 13.0 Å². The van der Waals surface area contributed by atoms with Gasteiger partial charge in [0.15, 0.2) is 5.76 Å². The lowest BCUT2D eigenvalue weighted by atomic mass is 10.2. The lowest BCUT2D eigenvalue weighted by Crippen LogP contribution is -2.34. The van der Waals surface area contributed by atoms with Gasteiger partial charge >= 0.3 is 0 Å². The second-order valence-electron chi connectivity index (χ2n) is 5.71. The highest BCUT2D eigenvalue weighted by Crippen LogP contribution is 2.19. The molecule has 8 heteroatoms. The van der Waals surface area contributed by atoms with Gasteiger partial charge in [0.1, 0.15) is 5.69 Å². The Morgan fingerprint density at radius 3 is 2.87 bits per heavy atom. The predicted molar refractivity (Wildman–Crippen MR) is 86.0 cm³/mol. The van der Waals surface area contributed by atoms with Crippen LogP contribution in [0.5, 0.6) is 0 Å². The van der Waals surface area contributed by atoms with Crippen LogP contribution in [0.25, 0.3) is 11.3 Å². The van der Waals surface area contributed by atoms with Crippen LogP contribution in [-0.4, -0.2) is 60.2 Å². The van der Waals surface area contributed by atoms with Gasteiger partial charge < -0.3 is 4.52 Å². The highest BCUT2D eigenvalue weighted by molar-refractivity contribution is 7.88. The molecule has 2 aromatic rings. The number of aromatic nitrogens is 2. The number of hydrogen-bond donors (Lipinski definition) is 0. The third-order valence-electron chi connectivity index (χ3n) is 3.91. The summed E-state index contributed by atoms with van der Waals surface area (Å²) in [5.74, 6) is 0.775. The van der Waals surface area contributed by atoms with E-state index in [0.717, 1.165) is 30.0 Å². The highest BCUT2D eigenvalue weighted by atomic mass is 32.2. The molecule has 0 amide bonds. The molecular formula is C15H20N4O3S. The third-order valence-corrected chi connectivity index (χ3v) is 5.22. The summed E-state index contributed by atoms with van der Waals surface area (Å²) in [6.45, 7) is 3.25. The van der Waals surface area contributed by atoms with E-state index in [-0.39, 0.29) is 0 Å². The second kappa shape index (κ2) is 6.77. The van der Waals surface area contributed by atoms with Gasteiger partial charge in [-0.15, -0.1) is 0 Å². The second-order valence-corrected chi connectivity index (χ2v) is 7.69. The monoisotopic (exact) mass is 336 g/mol. The first-order valence-corrected chi connectivity index (χ1v) is 9.41. The van der Waals surface area contributed by atoms with Crippen LogP contribution >= 0.6 is 0 Å². The molecule has 0 saturated carbocycles. The Balaban J connectivity index is 1.63. The minimum Gasteiger partial charge on any atom is -0.359 e. The maximum Gasteiger partial charge on any atom is 0.211 e. The maximum atomic E-state index is 11.6. The standard InChI is InChI=1S/C15H20N4O3S/c1-23(20,21)19-7-3-6-18(8-9-19)12-14-10-15(17-22-14)13-4-2-5-16-11-13/h2,4-5,10-11H,3,6-9,12H2,1H3.